The fourth-order valence-electron chi connectivity index (χ4n) is 2.15. The molecule has 0 fully saturated rings. The molecule has 5 heteroatoms. The van der Waals surface area contributed by atoms with Crippen molar-refractivity contribution in [1.29, 1.82) is 0 Å². The fraction of sp³-hybridized carbons (Fsp3) is 0.176. The van der Waals surface area contributed by atoms with E-state index >= 15 is 0 Å². The van der Waals surface area contributed by atoms with Crippen molar-refractivity contribution in [3.05, 3.63) is 57.7 Å². The van der Waals surface area contributed by atoms with Crippen LogP contribution in [-0.4, -0.2) is 11.0 Å². The molecular weight excluding hydrogens is 298 g/mol. The Labute approximate surface area is 132 Å². The van der Waals surface area contributed by atoms with Crippen LogP contribution in [0, 0.1) is 13.8 Å². The molecule has 0 radical (unpaired) electrons. The van der Waals surface area contributed by atoms with Gasteiger partial charge in [-0.25, -0.2) is 9.78 Å². The van der Waals surface area contributed by atoms with Crippen molar-refractivity contribution in [2.45, 2.75) is 20.5 Å². The lowest BCUT2D eigenvalue weighted by Crippen LogP contribution is -2.00. The second-order valence-corrected chi connectivity index (χ2v) is 6.14. The quantitative estimate of drug-likeness (QED) is 0.533. The molecule has 0 aliphatic rings. The minimum absolute atomic E-state index is 0.130. The van der Waals surface area contributed by atoms with E-state index in [0.29, 0.717) is 5.76 Å². The van der Waals surface area contributed by atoms with Crippen molar-refractivity contribution in [3.8, 4) is 0 Å². The number of para-hydroxylation sites is 1. The van der Waals surface area contributed by atoms with Gasteiger partial charge in [0.05, 0.1) is 5.01 Å². The maximum Gasteiger partial charge on any atom is 0.331 e. The molecule has 0 unspecified atom stereocenters. The van der Waals surface area contributed by atoms with E-state index in [1.165, 1.54) is 17.4 Å². The number of nitrogens with zero attached hydrogens (tertiary/aromatic N) is 1. The van der Waals surface area contributed by atoms with Gasteiger partial charge in [0.2, 0.25) is 0 Å². The smallest absolute Gasteiger partial charge is 0.331 e. The van der Waals surface area contributed by atoms with E-state index in [1.54, 1.807) is 12.3 Å². The van der Waals surface area contributed by atoms with Crippen LogP contribution >= 0.6 is 11.3 Å². The summed E-state index contributed by atoms with van der Waals surface area (Å²) in [6.07, 6.45) is 4.84. The van der Waals surface area contributed by atoms with Crippen molar-refractivity contribution in [2.75, 3.05) is 0 Å². The van der Waals surface area contributed by atoms with Crippen molar-refractivity contribution in [1.82, 2.24) is 4.98 Å². The van der Waals surface area contributed by atoms with Gasteiger partial charge >= 0.3 is 5.97 Å². The zero-order valence-corrected chi connectivity index (χ0v) is 13.1. The summed E-state index contributed by atoms with van der Waals surface area (Å²) in [6, 6.07) is 7.77. The van der Waals surface area contributed by atoms with Crippen molar-refractivity contribution < 1.29 is 13.9 Å². The number of ether oxygens (including phenoxy) is 1. The van der Waals surface area contributed by atoms with Crippen LogP contribution in [0.25, 0.3) is 17.0 Å². The van der Waals surface area contributed by atoms with Gasteiger partial charge in [-0.1, -0.05) is 18.2 Å². The molecule has 4 nitrogen and oxygen atoms in total. The Balaban J connectivity index is 1.65. The SMILES string of the molecule is Cc1ncc(/C=C/C(=O)OCc2oc3ccccc3c2C)s1. The molecule has 0 N–H and O–H groups in total. The van der Waals surface area contributed by atoms with Crippen LogP contribution in [0.15, 0.2) is 41.0 Å². The summed E-state index contributed by atoms with van der Waals surface area (Å²) in [6.45, 7) is 4.01. The van der Waals surface area contributed by atoms with Gasteiger partial charge in [-0.2, -0.15) is 0 Å². The molecule has 0 bridgehead atoms. The van der Waals surface area contributed by atoms with Crippen LogP contribution in [0.4, 0.5) is 0 Å². The van der Waals surface area contributed by atoms with Gasteiger partial charge in [0.15, 0.2) is 0 Å². The van der Waals surface area contributed by atoms with Gasteiger partial charge in [-0.15, -0.1) is 11.3 Å². The lowest BCUT2D eigenvalue weighted by molar-refractivity contribution is -0.139. The zero-order valence-electron chi connectivity index (χ0n) is 12.3. The molecule has 2 aromatic heterocycles. The van der Waals surface area contributed by atoms with Crippen molar-refractivity contribution in [2.24, 2.45) is 0 Å². The molecule has 112 valence electrons. The molecule has 3 aromatic rings. The summed E-state index contributed by atoms with van der Waals surface area (Å²) in [5, 5.41) is 2.01. The number of hydrogen-bond acceptors (Lipinski definition) is 5. The highest BCUT2D eigenvalue weighted by molar-refractivity contribution is 7.12. The van der Waals surface area contributed by atoms with E-state index in [4.69, 9.17) is 9.15 Å². The van der Waals surface area contributed by atoms with E-state index in [-0.39, 0.29) is 6.61 Å². The summed E-state index contributed by atoms with van der Waals surface area (Å²) < 4.78 is 10.9. The second-order valence-electron chi connectivity index (χ2n) is 4.87. The molecule has 0 aliphatic heterocycles. The minimum Gasteiger partial charge on any atom is -0.457 e. The first-order chi connectivity index (χ1) is 10.6. The first-order valence-electron chi connectivity index (χ1n) is 6.88. The molecule has 3 rings (SSSR count). The Morgan fingerprint density at radius 3 is 2.91 bits per heavy atom. The number of esters is 1. The van der Waals surface area contributed by atoms with Gasteiger partial charge in [-0.05, 0) is 26.0 Å². The number of furan rings is 1. The van der Waals surface area contributed by atoms with Gasteiger partial charge in [0, 0.05) is 28.1 Å². The van der Waals surface area contributed by atoms with Crippen molar-refractivity contribution in [3.63, 3.8) is 0 Å². The van der Waals surface area contributed by atoms with Gasteiger partial charge in [-0.3, -0.25) is 0 Å². The van der Waals surface area contributed by atoms with Crippen LogP contribution < -0.4 is 0 Å². The Hall–Kier alpha value is -2.40. The summed E-state index contributed by atoms with van der Waals surface area (Å²) in [5.41, 5.74) is 1.81. The van der Waals surface area contributed by atoms with Gasteiger partial charge < -0.3 is 9.15 Å². The number of thiazole rings is 1. The standard InChI is InChI=1S/C17H15NO3S/c1-11-14-5-3-4-6-15(14)21-16(11)10-20-17(19)8-7-13-9-18-12(2)22-13/h3-9H,10H2,1-2H3/b8-7+. The summed E-state index contributed by atoms with van der Waals surface area (Å²) >= 11 is 1.53. The largest absolute Gasteiger partial charge is 0.457 e. The van der Waals surface area contributed by atoms with Crippen LogP contribution in [0.1, 0.15) is 21.2 Å². The maximum atomic E-state index is 11.8. The molecule has 2 heterocycles. The summed E-state index contributed by atoms with van der Waals surface area (Å²) in [7, 11) is 0. The predicted molar refractivity (Wildman–Crippen MR) is 86.6 cm³/mol. The van der Waals surface area contributed by atoms with E-state index in [0.717, 1.165) is 26.4 Å². The monoisotopic (exact) mass is 313 g/mol. The Morgan fingerprint density at radius 1 is 1.36 bits per heavy atom. The van der Waals surface area contributed by atoms with Crippen LogP contribution in [0.3, 0.4) is 0 Å². The Kier molecular flexibility index (Phi) is 4.06. The fourth-order valence-corrected chi connectivity index (χ4v) is 2.84. The third-order valence-corrected chi connectivity index (χ3v) is 4.19. The molecule has 22 heavy (non-hydrogen) atoms. The van der Waals surface area contributed by atoms with Crippen LogP contribution in [0.2, 0.25) is 0 Å². The normalized spacial score (nSPS) is 11.4. The highest BCUT2D eigenvalue weighted by Crippen LogP contribution is 2.25. The highest BCUT2D eigenvalue weighted by Gasteiger charge is 2.11. The molecule has 0 saturated heterocycles. The predicted octanol–water partition coefficient (Wildman–Crippen LogP) is 4.26. The summed E-state index contributed by atoms with van der Waals surface area (Å²) in [5.74, 6) is 0.280. The first kappa shape index (κ1) is 14.5. The topological polar surface area (TPSA) is 52.3 Å². The molecular formula is C17H15NO3S. The van der Waals surface area contributed by atoms with E-state index in [9.17, 15) is 4.79 Å². The van der Waals surface area contributed by atoms with Crippen LogP contribution in [0.5, 0.6) is 0 Å². The second kappa shape index (κ2) is 6.15. The number of aryl methyl sites for hydroxylation is 2. The number of rotatable bonds is 4. The zero-order chi connectivity index (χ0) is 15.5. The number of benzene rings is 1. The summed E-state index contributed by atoms with van der Waals surface area (Å²) in [4.78, 5) is 16.8. The molecule has 0 aliphatic carbocycles. The van der Waals surface area contributed by atoms with Crippen molar-refractivity contribution >= 4 is 34.4 Å². The maximum absolute atomic E-state index is 11.8. The highest BCUT2D eigenvalue weighted by atomic mass is 32.1. The Bertz CT molecular complexity index is 845. The first-order valence-corrected chi connectivity index (χ1v) is 7.69. The van der Waals surface area contributed by atoms with E-state index in [2.05, 4.69) is 4.98 Å². The van der Waals surface area contributed by atoms with Gasteiger partial charge in [0.25, 0.3) is 0 Å². The minimum atomic E-state index is -0.397. The third kappa shape index (κ3) is 3.09. The number of hydrogen-bond donors (Lipinski definition) is 0. The average molecular weight is 313 g/mol. The average Bonchev–Trinajstić information content (AvgIpc) is 3.07. The van der Waals surface area contributed by atoms with Crippen LogP contribution in [-0.2, 0) is 16.1 Å². The number of carbonyl (C=O) groups excluding carboxylic acids is 1. The van der Waals surface area contributed by atoms with E-state index < -0.39 is 5.97 Å². The molecule has 0 spiro atoms. The molecule has 0 saturated carbocycles. The number of carbonyl (C=O) groups is 1. The number of aromatic nitrogens is 1. The lowest BCUT2D eigenvalue weighted by Gasteiger charge is -1.99. The van der Waals surface area contributed by atoms with Gasteiger partial charge in [0.1, 0.15) is 18.0 Å². The van der Waals surface area contributed by atoms with E-state index in [1.807, 2.05) is 38.1 Å². The Morgan fingerprint density at radius 2 is 2.18 bits per heavy atom. The molecule has 1 aromatic carbocycles. The lowest BCUT2D eigenvalue weighted by atomic mass is 10.1. The molecule has 0 amide bonds. The third-order valence-electron chi connectivity index (χ3n) is 3.31. The number of fused-ring (bicyclic) bond motifs is 1. The molecule has 0 atom stereocenters.